The van der Waals surface area contributed by atoms with Crippen LogP contribution in [0.3, 0.4) is 0 Å². The molecule has 0 aromatic heterocycles. The van der Waals surface area contributed by atoms with Crippen LogP contribution in [0.25, 0.3) is 0 Å². The number of hydrogen-bond acceptors (Lipinski definition) is 4. The molecule has 2 unspecified atom stereocenters. The van der Waals surface area contributed by atoms with E-state index in [1.165, 1.54) is 19.3 Å². The lowest BCUT2D eigenvalue weighted by Crippen LogP contribution is -2.47. The van der Waals surface area contributed by atoms with E-state index in [2.05, 4.69) is 17.1 Å². The summed E-state index contributed by atoms with van der Waals surface area (Å²) >= 11 is 0. The van der Waals surface area contributed by atoms with Gasteiger partial charge < -0.3 is 15.2 Å². The number of nitrogens with zero attached hydrogens (tertiary/aromatic N) is 1. The molecule has 4 heteroatoms. The standard InChI is InChI=1S/C17H28N2O2/c1-3-18-12-15-8-4-5-10-19(15)13-17(20)14-7-6-9-16(11-14)21-2/h6-7,9,11,15,17-18,20H,3-5,8,10,12-13H2,1-2H3. The summed E-state index contributed by atoms with van der Waals surface area (Å²) in [6, 6.07) is 8.28. The summed E-state index contributed by atoms with van der Waals surface area (Å²) in [5.41, 5.74) is 0.933. The lowest BCUT2D eigenvalue weighted by atomic mass is 10.00. The Hall–Kier alpha value is -1.10. The number of likely N-dealkylation sites (N-methyl/N-ethyl adjacent to an activating group) is 1. The second-order valence-electron chi connectivity index (χ2n) is 5.74. The van der Waals surface area contributed by atoms with E-state index in [4.69, 9.17) is 4.74 Å². The van der Waals surface area contributed by atoms with Gasteiger partial charge >= 0.3 is 0 Å². The molecule has 0 saturated carbocycles. The van der Waals surface area contributed by atoms with Gasteiger partial charge in [-0.25, -0.2) is 0 Å². The summed E-state index contributed by atoms with van der Waals surface area (Å²) in [6.07, 6.45) is 3.29. The third-order valence-corrected chi connectivity index (χ3v) is 4.27. The maximum absolute atomic E-state index is 10.5. The molecule has 0 amide bonds. The molecule has 1 heterocycles. The van der Waals surface area contributed by atoms with Crippen molar-refractivity contribution in [1.29, 1.82) is 0 Å². The number of hydrogen-bond donors (Lipinski definition) is 2. The minimum atomic E-state index is -0.456. The SMILES string of the molecule is CCNCC1CCCCN1CC(O)c1cccc(OC)c1. The summed E-state index contributed by atoms with van der Waals surface area (Å²) in [5, 5.41) is 14.0. The molecule has 0 bridgehead atoms. The van der Waals surface area contributed by atoms with Crippen LogP contribution in [-0.4, -0.2) is 49.3 Å². The Morgan fingerprint density at radius 3 is 3.05 bits per heavy atom. The van der Waals surface area contributed by atoms with Crippen molar-refractivity contribution in [3.8, 4) is 5.75 Å². The average molecular weight is 292 g/mol. The molecular weight excluding hydrogens is 264 g/mol. The third-order valence-electron chi connectivity index (χ3n) is 4.27. The zero-order valence-electron chi connectivity index (χ0n) is 13.2. The minimum absolute atomic E-state index is 0.456. The van der Waals surface area contributed by atoms with Crippen LogP contribution in [-0.2, 0) is 0 Å². The number of rotatable bonds is 7. The molecule has 1 aromatic rings. The van der Waals surface area contributed by atoms with Crippen LogP contribution in [0.15, 0.2) is 24.3 Å². The Morgan fingerprint density at radius 1 is 1.43 bits per heavy atom. The van der Waals surface area contributed by atoms with Crippen LogP contribution in [0.4, 0.5) is 0 Å². The summed E-state index contributed by atoms with van der Waals surface area (Å²) in [4.78, 5) is 2.43. The first-order valence-corrected chi connectivity index (χ1v) is 8.01. The van der Waals surface area contributed by atoms with E-state index in [0.717, 1.165) is 30.9 Å². The first kappa shape index (κ1) is 16.3. The highest BCUT2D eigenvalue weighted by Crippen LogP contribution is 2.23. The number of methoxy groups -OCH3 is 1. The van der Waals surface area contributed by atoms with Gasteiger partial charge in [0.1, 0.15) is 5.75 Å². The lowest BCUT2D eigenvalue weighted by molar-refractivity contribution is 0.0669. The quantitative estimate of drug-likeness (QED) is 0.808. The number of likely N-dealkylation sites (tertiary alicyclic amines) is 1. The maximum atomic E-state index is 10.5. The second kappa shape index (κ2) is 8.37. The van der Waals surface area contributed by atoms with Crippen molar-refractivity contribution in [3.63, 3.8) is 0 Å². The molecule has 4 nitrogen and oxygen atoms in total. The van der Waals surface area contributed by atoms with Crippen LogP contribution < -0.4 is 10.1 Å². The van der Waals surface area contributed by atoms with Crippen LogP contribution in [0.1, 0.15) is 37.9 Å². The predicted octanol–water partition coefficient (Wildman–Crippen LogP) is 2.19. The van der Waals surface area contributed by atoms with Gasteiger partial charge in [-0.1, -0.05) is 25.5 Å². The Bertz CT molecular complexity index is 425. The molecule has 2 atom stereocenters. The fourth-order valence-corrected chi connectivity index (χ4v) is 3.02. The molecular formula is C17H28N2O2. The Balaban J connectivity index is 1.96. The van der Waals surface area contributed by atoms with Gasteiger partial charge in [0.15, 0.2) is 0 Å². The number of benzene rings is 1. The van der Waals surface area contributed by atoms with Crippen molar-refractivity contribution < 1.29 is 9.84 Å². The fourth-order valence-electron chi connectivity index (χ4n) is 3.02. The normalized spacial score (nSPS) is 21.2. The van der Waals surface area contributed by atoms with Crippen LogP contribution in [0.5, 0.6) is 5.75 Å². The van der Waals surface area contributed by atoms with Gasteiger partial charge in [-0.2, -0.15) is 0 Å². The van der Waals surface area contributed by atoms with Crippen molar-refractivity contribution in [2.75, 3.05) is 33.3 Å². The highest BCUT2D eigenvalue weighted by atomic mass is 16.5. The second-order valence-corrected chi connectivity index (χ2v) is 5.74. The Morgan fingerprint density at radius 2 is 2.29 bits per heavy atom. The molecule has 0 radical (unpaired) electrons. The van der Waals surface area contributed by atoms with E-state index >= 15 is 0 Å². The van der Waals surface area contributed by atoms with E-state index in [-0.39, 0.29) is 0 Å². The number of aliphatic hydroxyl groups is 1. The number of aliphatic hydroxyl groups excluding tert-OH is 1. The lowest BCUT2D eigenvalue weighted by Gasteiger charge is -2.37. The topological polar surface area (TPSA) is 44.7 Å². The molecule has 1 aromatic carbocycles. The molecule has 1 aliphatic rings. The van der Waals surface area contributed by atoms with Gasteiger partial charge in [0, 0.05) is 19.1 Å². The van der Waals surface area contributed by atoms with E-state index in [0.29, 0.717) is 12.6 Å². The number of piperidine rings is 1. The molecule has 0 spiro atoms. The van der Waals surface area contributed by atoms with E-state index in [9.17, 15) is 5.11 Å². The molecule has 0 aliphatic carbocycles. The number of nitrogens with one attached hydrogen (secondary N) is 1. The van der Waals surface area contributed by atoms with Crippen molar-refractivity contribution in [2.24, 2.45) is 0 Å². The van der Waals surface area contributed by atoms with E-state index in [1.807, 2.05) is 24.3 Å². The monoisotopic (exact) mass is 292 g/mol. The maximum Gasteiger partial charge on any atom is 0.119 e. The van der Waals surface area contributed by atoms with Crippen molar-refractivity contribution >= 4 is 0 Å². The highest BCUT2D eigenvalue weighted by molar-refractivity contribution is 5.29. The molecule has 2 N–H and O–H groups in total. The van der Waals surface area contributed by atoms with Crippen LogP contribution >= 0.6 is 0 Å². The summed E-state index contributed by atoms with van der Waals surface area (Å²) in [7, 11) is 1.66. The average Bonchev–Trinajstić information content (AvgIpc) is 2.54. The van der Waals surface area contributed by atoms with Crippen molar-refractivity contribution in [3.05, 3.63) is 29.8 Å². The smallest absolute Gasteiger partial charge is 0.119 e. The van der Waals surface area contributed by atoms with Crippen molar-refractivity contribution in [1.82, 2.24) is 10.2 Å². The molecule has 1 saturated heterocycles. The van der Waals surface area contributed by atoms with E-state index < -0.39 is 6.10 Å². The largest absolute Gasteiger partial charge is 0.497 e. The van der Waals surface area contributed by atoms with E-state index in [1.54, 1.807) is 7.11 Å². The van der Waals surface area contributed by atoms with Crippen LogP contribution in [0.2, 0.25) is 0 Å². The van der Waals surface area contributed by atoms with Gasteiger partial charge in [0.05, 0.1) is 13.2 Å². The molecule has 118 valence electrons. The highest BCUT2D eigenvalue weighted by Gasteiger charge is 2.24. The summed E-state index contributed by atoms with van der Waals surface area (Å²) in [6.45, 7) is 5.93. The zero-order chi connectivity index (χ0) is 15.1. The molecule has 2 rings (SSSR count). The number of ether oxygens (including phenoxy) is 1. The summed E-state index contributed by atoms with van der Waals surface area (Å²) < 4.78 is 5.23. The third kappa shape index (κ3) is 4.70. The first-order chi connectivity index (χ1) is 10.2. The van der Waals surface area contributed by atoms with Gasteiger partial charge in [-0.05, 0) is 43.6 Å². The fraction of sp³-hybridized carbons (Fsp3) is 0.647. The first-order valence-electron chi connectivity index (χ1n) is 8.01. The minimum Gasteiger partial charge on any atom is -0.497 e. The molecule has 21 heavy (non-hydrogen) atoms. The zero-order valence-corrected chi connectivity index (χ0v) is 13.2. The van der Waals surface area contributed by atoms with Gasteiger partial charge in [-0.15, -0.1) is 0 Å². The summed E-state index contributed by atoms with van der Waals surface area (Å²) in [5.74, 6) is 0.800. The predicted molar refractivity (Wildman–Crippen MR) is 85.7 cm³/mol. The van der Waals surface area contributed by atoms with Gasteiger partial charge in [0.2, 0.25) is 0 Å². The molecule has 1 aliphatic heterocycles. The Kier molecular flexibility index (Phi) is 6.49. The van der Waals surface area contributed by atoms with Gasteiger partial charge in [0.25, 0.3) is 0 Å². The Labute approximate surface area is 128 Å². The number of β-amino-alcohol motifs (C(OH)–C–C–N with tert-alkyl or cyclic N) is 1. The van der Waals surface area contributed by atoms with Crippen molar-refractivity contribution in [2.45, 2.75) is 38.3 Å². The van der Waals surface area contributed by atoms with Crippen LogP contribution in [0, 0.1) is 0 Å². The molecule has 1 fully saturated rings. The van der Waals surface area contributed by atoms with Gasteiger partial charge in [-0.3, -0.25) is 4.90 Å².